The number of para-hydroxylation sites is 1. The molecule has 90 valence electrons. The summed E-state index contributed by atoms with van der Waals surface area (Å²) in [5.74, 6) is -0.567. The molecule has 0 fully saturated rings. The van der Waals surface area contributed by atoms with Gasteiger partial charge in [-0.05, 0) is 25.0 Å². The van der Waals surface area contributed by atoms with E-state index >= 15 is 0 Å². The number of amides is 1. The molecule has 0 saturated carbocycles. The van der Waals surface area contributed by atoms with Crippen LogP contribution < -0.4 is 5.01 Å². The summed E-state index contributed by atoms with van der Waals surface area (Å²) in [5, 5.41) is 5.38. The molecule has 1 amide bonds. The summed E-state index contributed by atoms with van der Waals surface area (Å²) in [6, 6.07) is 6.20. The zero-order valence-corrected chi connectivity index (χ0v) is 9.82. The molecule has 1 aromatic rings. The molecule has 0 atom stereocenters. The van der Waals surface area contributed by atoms with Crippen molar-refractivity contribution in [2.45, 2.75) is 32.6 Å². The maximum absolute atomic E-state index is 13.5. The normalized spacial score (nSPS) is 15.3. The molecule has 0 N–H and O–H groups in total. The smallest absolute Gasteiger partial charge is 0.253 e. The van der Waals surface area contributed by atoms with Crippen molar-refractivity contribution in [3.05, 3.63) is 30.1 Å². The zero-order valence-electron chi connectivity index (χ0n) is 9.82. The van der Waals surface area contributed by atoms with Crippen LogP contribution in [0.2, 0.25) is 0 Å². The Morgan fingerprint density at radius 1 is 1.41 bits per heavy atom. The summed E-state index contributed by atoms with van der Waals surface area (Å²) in [4.78, 5) is 11.7. The molecule has 2 rings (SSSR count). The monoisotopic (exact) mass is 234 g/mol. The molecule has 1 aromatic carbocycles. The van der Waals surface area contributed by atoms with Crippen LogP contribution in [-0.4, -0.2) is 11.6 Å². The number of rotatable bonds is 4. The van der Waals surface area contributed by atoms with Crippen LogP contribution in [0.3, 0.4) is 0 Å². The lowest BCUT2D eigenvalue weighted by atomic mass is 10.1. The number of benzene rings is 1. The number of hydrogen-bond acceptors (Lipinski definition) is 2. The maximum atomic E-state index is 13.5. The fourth-order valence-corrected chi connectivity index (χ4v) is 1.81. The molecule has 17 heavy (non-hydrogen) atoms. The van der Waals surface area contributed by atoms with E-state index in [1.165, 1.54) is 11.1 Å². The highest BCUT2D eigenvalue weighted by Crippen LogP contribution is 2.24. The molecule has 0 unspecified atom stereocenters. The molecule has 1 aliphatic rings. The maximum Gasteiger partial charge on any atom is 0.253 e. The largest absolute Gasteiger partial charge is 0.272 e. The van der Waals surface area contributed by atoms with Crippen molar-refractivity contribution in [2.75, 3.05) is 5.01 Å². The van der Waals surface area contributed by atoms with Gasteiger partial charge in [-0.3, -0.25) is 4.79 Å². The number of nitrogens with zero attached hydrogens (tertiary/aromatic N) is 2. The average Bonchev–Trinajstić information content (AvgIpc) is 2.68. The second-order valence-corrected chi connectivity index (χ2v) is 4.10. The minimum atomic E-state index is -0.415. The summed E-state index contributed by atoms with van der Waals surface area (Å²) in [7, 11) is 0. The Balaban J connectivity index is 2.19. The van der Waals surface area contributed by atoms with Crippen LogP contribution in [0.15, 0.2) is 29.4 Å². The first-order valence-electron chi connectivity index (χ1n) is 5.86. The molecule has 3 nitrogen and oxygen atoms in total. The van der Waals surface area contributed by atoms with Gasteiger partial charge in [0.05, 0.1) is 6.42 Å². The van der Waals surface area contributed by atoms with Crippen molar-refractivity contribution in [3.63, 3.8) is 0 Å². The Labute approximate surface area is 99.9 Å². The zero-order chi connectivity index (χ0) is 12.3. The van der Waals surface area contributed by atoms with E-state index in [1.807, 2.05) is 0 Å². The van der Waals surface area contributed by atoms with E-state index in [2.05, 4.69) is 12.0 Å². The topological polar surface area (TPSA) is 32.7 Å². The number of halogens is 1. The lowest BCUT2D eigenvalue weighted by Crippen LogP contribution is -2.20. The first kappa shape index (κ1) is 11.8. The Morgan fingerprint density at radius 2 is 2.18 bits per heavy atom. The third-order valence-corrected chi connectivity index (χ3v) is 2.73. The van der Waals surface area contributed by atoms with E-state index in [0.717, 1.165) is 25.0 Å². The van der Waals surface area contributed by atoms with Crippen LogP contribution in [0.25, 0.3) is 0 Å². The van der Waals surface area contributed by atoms with Crippen LogP contribution >= 0.6 is 0 Å². The second-order valence-electron chi connectivity index (χ2n) is 4.10. The van der Waals surface area contributed by atoms with Crippen LogP contribution in [0.5, 0.6) is 0 Å². The fraction of sp³-hybridized carbons (Fsp3) is 0.385. The molecule has 0 bridgehead atoms. The van der Waals surface area contributed by atoms with E-state index < -0.39 is 5.82 Å². The summed E-state index contributed by atoms with van der Waals surface area (Å²) in [6.07, 6.45) is 3.20. The Morgan fingerprint density at radius 3 is 2.88 bits per heavy atom. The average molecular weight is 234 g/mol. The van der Waals surface area contributed by atoms with Crippen LogP contribution in [-0.2, 0) is 4.79 Å². The van der Waals surface area contributed by atoms with E-state index in [9.17, 15) is 9.18 Å². The van der Waals surface area contributed by atoms with E-state index in [1.54, 1.807) is 18.2 Å². The number of carbonyl (C=O) groups is 1. The predicted molar refractivity (Wildman–Crippen MR) is 65.5 cm³/mol. The molecule has 0 aliphatic carbocycles. The van der Waals surface area contributed by atoms with Gasteiger partial charge in [0.2, 0.25) is 0 Å². The lowest BCUT2D eigenvalue weighted by Gasteiger charge is -2.11. The predicted octanol–water partition coefficient (Wildman–Crippen LogP) is 3.11. The standard InChI is InChI=1S/C13H15FN2O/c1-2-3-6-10-9-13(17)16(15-10)12-8-5-4-7-11(12)14/h4-5,7-8H,2-3,6,9H2,1H3. The summed E-state index contributed by atoms with van der Waals surface area (Å²) >= 11 is 0. The van der Waals surface area contributed by atoms with Gasteiger partial charge in [0.15, 0.2) is 0 Å². The summed E-state index contributed by atoms with van der Waals surface area (Å²) < 4.78 is 13.5. The SMILES string of the molecule is CCCCC1=NN(c2ccccc2F)C(=O)C1. The summed E-state index contributed by atoms with van der Waals surface area (Å²) in [6.45, 7) is 2.09. The van der Waals surface area contributed by atoms with Crippen LogP contribution in [0.1, 0.15) is 32.6 Å². The number of anilines is 1. The first-order valence-corrected chi connectivity index (χ1v) is 5.86. The van der Waals surface area contributed by atoms with Gasteiger partial charge in [0, 0.05) is 5.71 Å². The number of hydrazone groups is 1. The Bertz CT molecular complexity index is 456. The van der Waals surface area contributed by atoms with Crippen molar-refractivity contribution in [1.82, 2.24) is 0 Å². The molecular formula is C13H15FN2O. The summed E-state index contributed by atoms with van der Waals surface area (Å²) in [5.41, 5.74) is 1.09. The van der Waals surface area contributed by atoms with Gasteiger partial charge >= 0.3 is 0 Å². The highest BCUT2D eigenvalue weighted by atomic mass is 19.1. The van der Waals surface area contributed by atoms with Crippen molar-refractivity contribution in [1.29, 1.82) is 0 Å². The number of hydrogen-bond donors (Lipinski definition) is 0. The highest BCUT2D eigenvalue weighted by molar-refractivity contribution is 6.12. The van der Waals surface area contributed by atoms with Crippen LogP contribution in [0, 0.1) is 5.82 Å². The highest BCUT2D eigenvalue weighted by Gasteiger charge is 2.26. The van der Waals surface area contributed by atoms with Gasteiger partial charge < -0.3 is 0 Å². The number of unbranched alkanes of at least 4 members (excludes halogenated alkanes) is 1. The van der Waals surface area contributed by atoms with Gasteiger partial charge in [-0.15, -0.1) is 0 Å². The lowest BCUT2D eigenvalue weighted by molar-refractivity contribution is -0.116. The van der Waals surface area contributed by atoms with Crippen molar-refractivity contribution in [3.8, 4) is 0 Å². The van der Waals surface area contributed by atoms with E-state index in [4.69, 9.17) is 0 Å². The molecule has 4 heteroatoms. The minimum Gasteiger partial charge on any atom is -0.272 e. The molecule has 1 heterocycles. The first-order chi connectivity index (χ1) is 8.22. The number of carbonyl (C=O) groups excluding carboxylic acids is 1. The van der Waals surface area contributed by atoms with Crippen molar-refractivity contribution >= 4 is 17.3 Å². The molecule has 0 aromatic heterocycles. The van der Waals surface area contributed by atoms with Gasteiger partial charge in [0.1, 0.15) is 11.5 Å². The quantitative estimate of drug-likeness (QED) is 0.787. The minimum absolute atomic E-state index is 0.152. The third-order valence-electron chi connectivity index (χ3n) is 2.73. The molecule has 0 spiro atoms. The van der Waals surface area contributed by atoms with Gasteiger partial charge in [-0.2, -0.15) is 10.1 Å². The van der Waals surface area contributed by atoms with Crippen LogP contribution in [0.4, 0.5) is 10.1 Å². The molecular weight excluding hydrogens is 219 g/mol. The fourth-order valence-electron chi connectivity index (χ4n) is 1.81. The second kappa shape index (κ2) is 5.08. The van der Waals surface area contributed by atoms with E-state index in [0.29, 0.717) is 6.42 Å². The van der Waals surface area contributed by atoms with Crippen molar-refractivity contribution in [2.24, 2.45) is 5.10 Å². The third kappa shape index (κ3) is 2.52. The van der Waals surface area contributed by atoms with Gasteiger partial charge in [-0.1, -0.05) is 25.5 Å². The van der Waals surface area contributed by atoms with Crippen molar-refractivity contribution < 1.29 is 9.18 Å². The Kier molecular flexibility index (Phi) is 3.52. The van der Waals surface area contributed by atoms with E-state index in [-0.39, 0.29) is 11.6 Å². The molecule has 1 aliphatic heterocycles. The van der Waals surface area contributed by atoms with Gasteiger partial charge in [0.25, 0.3) is 5.91 Å². The molecule has 0 saturated heterocycles. The Hall–Kier alpha value is -1.71. The van der Waals surface area contributed by atoms with Gasteiger partial charge in [-0.25, -0.2) is 4.39 Å². The molecule has 0 radical (unpaired) electrons.